The number of rotatable bonds is 8. The Morgan fingerprint density at radius 3 is 2.31 bits per heavy atom. The lowest BCUT2D eigenvalue weighted by atomic mass is 10.1. The van der Waals surface area contributed by atoms with Crippen molar-refractivity contribution in [2.75, 3.05) is 11.9 Å². The molecule has 2 rings (SSSR count). The fourth-order valence-electron chi connectivity index (χ4n) is 2.96. The van der Waals surface area contributed by atoms with Crippen LogP contribution >= 0.6 is 11.6 Å². The molecule has 0 radical (unpaired) electrons. The SMILES string of the molecule is Cc1cc(C)c(S(=O)(=O)NCCC(=O)Nc2ccc(OC(F)F)c(Cl)c2)c(C)c1. The van der Waals surface area contributed by atoms with Crippen LogP contribution in [0.4, 0.5) is 14.5 Å². The van der Waals surface area contributed by atoms with Crippen molar-refractivity contribution in [2.24, 2.45) is 0 Å². The molecular weight excluding hydrogens is 426 g/mol. The molecule has 0 heterocycles. The van der Waals surface area contributed by atoms with Crippen molar-refractivity contribution in [1.82, 2.24) is 4.72 Å². The van der Waals surface area contributed by atoms with Crippen molar-refractivity contribution >= 4 is 33.2 Å². The van der Waals surface area contributed by atoms with Gasteiger partial charge in [-0.05, 0) is 50.1 Å². The summed E-state index contributed by atoms with van der Waals surface area (Å²) in [7, 11) is -3.77. The Morgan fingerprint density at radius 2 is 1.76 bits per heavy atom. The number of sulfonamides is 1. The van der Waals surface area contributed by atoms with E-state index in [4.69, 9.17) is 11.6 Å². The molecule has 0 aliphatic rings. The predicted octanol–water partition coefficient (Wildman–Crippen LogP) is 4.17. The number of hydrogen-bond acceptors (Lipinski definition) is 4. The van der Waals surface area contributed by atoms with E-state index in [0.29, 0.717) is 11.1 Å². The van der Waals surface area contributed by atoms with E-state index >= 15 is 0 Å². The van der Waals surface area contributed by atoms with Gasteiger partial charge in [0, 0.05) is 18.7 Å². The number of carbonyl (C=O) groups excluding carboxylic acids is 1. The second-order valence-electron chi connectivity index (χ2n) is 6.45. The van der Waals surface area contributed by atoms with Crippen LogP contribution in [0.15, 0.2) is 35.2 Å². The van der Waals surface area contributed by atoms with Gasteiger partial charge in [0.2, 0.25) is 15.9 Å². The highest BCUT2D eigenvalue weighted by Gasteiger charge is 2.20. The maximum absolute atomic E-state index is 12.6. The first-order chi connectivity index (χ1) is 13.5. The van der Waals surface area contributed by atoms with E-state index in [1.54, 1.807) is 26.0 Å². The summed E-state index contributed by atoms with van der Waals surface area (Å²) in [6.45, 7) is 2.19. The van der Waals surface area contributed by atoms with Crippen LogP contribution in [-0.2, 0) is 14.8 Å². The predicted molar refractivity (Wildman–Crippen MR) is 107 cm³/mol. The topological polar surface area (TPSA) is 84.5 Å². The zero-order chi connectivity index (χ0) is 21.8. The maximum atomic E-state index is 12.6. The van der Waals surface area contributed by atoms with Crippen molar-refractivity contribution < 1.29 is 26.7 Å². The Kier molecular flexibility index (Phi) is 7.56. The van der Waals surface area contributed by atoms with Gasteiger partial charge in [-0.3, -0.25) is 4.79 Å². The maximum Gasteiger partial charge on any atom is 0.387 e. The van der Waals surface area contributed by atoms with Crippen LogP contribution in [0.1, 0.15) is 23.1 Å². The average molecular weight is 447 g/mol. The normalized spacial score (nSPS) is 11.6. The molecule has 2 aromatic carbocycles. The molecule has 0 unspecified atom stereocenters. The molecule has 0 fully saturated rings. The van der Waals surface area contributed by atoms with Gasteiger partial charge in [-0.1, -0.05) is 29.3 Å². The zero-order valence-corrected chi connectivity index (χ0v) is 17.6. The third-order valence-corrected chi connectivity index (χ3v) is 6.01. The molecule has 2 N–H and O–H groups in total. The Labute approximate surface area is 173 Å². The van der Waals surface area contributed by atoms with E-state index in [9.17, 15) is 22.0 Å². The largest absolute Gasteiger partial charge is 0.433 e. The minimum atomic E-state index is -3.77. The Morgan fingerprint density at radius 1 is 1.14 bits per heavy atom. The summed E-state index contributed by atoms with van der Waals surface area (Å²) in [6.07, 6.45) is -0.129. The van der Waals surface area contributed by atoms with Crippen LogP contribution in [0.5, 0.6) is 5.75 Å². The van der Waals surface area contributed by atoms with Crippen LogP contribution in [-0.4, -0.2) is 27.5 Å². The molecule has 0 aliphatic heterocycles. The summed E-state index contributed by atoms with van der Waals surface area (Å²) < 4.78 is 56.2. The van der Waals surface area contributed by atoms with E-state index < -0.39 is 22.5 Å². The van der Waals surface area contributed by atoms with E-state index in [1.807, 2.05) is 6.92 Å². The molecule has 0 saturated heterocycles. The lowest BCUT2D eigenvalue weighted by Crippen LogP contribution is -2.29. The molecule has 0 aliphatic carbocycles. The monoisotopic (exact) mass is 446 g/mol. The summed E-state index contributed by atoms with van der Waals surface area (Å²) in [5, 5.41) is 2.43. The van der Waals surface area contributed by atoms with Gasteiger partial charge in [-0.2, -0.15) is 8.78 Å². The van der Waals surface area contributed by atoms with Crippen molar-refractivity contribution in [2.45, 2.75) is 38.7 Å². The summed E-state index contributed by atoms with van der Waals surface area (Å²) in [4.78, 5) is 12.2. The first-order valence-electron chi connectivity index (χ1n) is 8.61. The highest BCUT2D eigenvalue weighted by molar-refractivity contribution is 7.89. The molecule has 1 amide bonds. The number of anilines is 1. The molecule has 2 aromatic rings. The van der Waals surface area contributed by atoms with E-state index in [2.05, 4.69) is 14.8 Å². The highest BCUT2D eigenvalue weighted by atomic mass is 35.5. The molecule has 29 heavy (non-hydrogen) atoms. The second-order valence-corrected chi connectivity index (χ2v) is 8.56. The summed E-state index contributed by atoms with van der Waals surface area (Å²) in [5.74, 6) is -0.681. The molecular formula is C19H21ClF2N2O4S. The van der Waals surface area contributed by atoms with Crippen LogP contribution in [0.3, 0.4) is 0 Å². The van der Waals surface area contributed by atoms with Gasteiger partial charge >= 0.3 is 6.61 Å². The molecule has 158 valence electrons. The first kappa shape index (κ1) is 23.1. The van der Waals surface area contributed by atoms with Gasteiger partial charge in [0.05, 0.1) is 9.92 Å². The first-order valence-corrected chi connectivity index (χ1v) is 10.5. The molecule has 0 saturated carbocycles. The number of amides is 1. The van der Waals surface area contributed by atoms with Crippen molar-refractivity contribution in [1.29, 1.82) is 0 Å². The standard InChI is InChI=1S/C19H21ClF2N2O4S/c1-11-8-12(2)18(13(3)9-11)29(26,27)23-7-6-17(25)24-14-4-5-16(15(20)10-14)28-19(21)22/h4-5,8-10,19,23H,6-7H2,1-3H3,(H,24,25). The Bertz CT molecular complexity index is 990. The number of benzene rings is 2. The highest BCUT2D eigenvalue weighted by Crippen LogP contribution is 2.29. The number of hydrogen-bond donors (Lipinski definition) is 2. The average Bonchev–Trinajstić information content (AvgIpc) is 2.55. The molecule has 0 spiro atoms. The van der Waals surface area contributed by atoms with Crippen LogP contribution in [0.2, 0.25) is 5.02 Å². The third kappa shape index (κ3) is 6.38. The summed E-state index contributed by atoms with van der Waals surface area (Å²) >= 11 is 5.83. The van der Waals surface area contributed by atoms with Crippen molar-refractivity contribution in [3.63, 3.8) is 0 Å². The molecule has 0 atom stereocenters. The fraction of sp³-hybridized carbons (Fsp3) is 0.316. The van der Waals surface area contributed by atoms with Crippen molar-refractivity contribution in [3.05, 3.63) is 52.0 Å². The van der Waals surface area contributed by atoms with Crippen LogP contribution in [0, 0.1) is 20.8 Å². The lowest BCUT2D eigenvalue weighted by molar-refractivity contribution is -0.116. The van der Waals surface area contributed by atoms with Gasteiger partial charge in [-0.25, -0.2) is 13.1 Å². The lowest BCUT2D eigenvalue weighted by Gasteiger charge is -2.13. The van der Waals surface area contributed by atoms with Gasteiger partial charge in [0.1, 0.15) is 5.75 Å². The Hall–Kier alpha value is -2.23. The van der Waals surface area contributed by atoms with Gasteiger partial charge < -0.3 is 10.1 Å². The molecule has 10 heteroatoms. The van der Waals surface area contributed by atoms with E-state index in [-0.39, 0.29) is 34.3 Å². The Balaban J connectivity index is 1.95. The number of nitrogens with one attached hydrogen (secondary N) is 2. The third-order valence-electron chi connectivity index (χ3n) is 3.95. The fourth-order valence-corrected chi connectivity index (χ4v) is 4.66. The zero-order valence-electron chi connectivity index (χ0n) is 16.1. The minimum absolute atomic E-state index is 0.0888. The van der Waals surface area contributed by atoms with E-state index in [0.717, 1.165) is 5.56 Å². The van der Waals surface area contributed by atoms with Gasteiger partial charge in [-0.15, -0.1) is 0 Å². The number of aryl methyl sites for hydroxylation is 3. The van der Waals surface area contributed by atoms with Crippen molar-refractivity contribution in [3.8, 4) is 5.75 Å². The number of ether oxygens (including phenoxy) is 1. The number of halogens is 3. The molecule has 0 aromatic heterocycles. The smallest absolute Gasteiger partial charge is 0.387 e. The van der Waals surface area contributed by atoms with Crippen LogP contribution < -0.4 is 14.8 Å². The quantitative estimate of drug-likeness (QED) is 0.637. The molecule has 6 nitrogen and oxygen atoms in total. The van der Waals surface area contributed by atoms with Gasteiger partial charge in [0.25, 0.3) is 0 Å². The second kappa shape index (κ2) is 9.51. The summed E-state index contributed by atoms with van der Waals surface area (Å²) in [5.41, 5.74) is 2.48. The number of carbonyl (C=O) groups is 1. The van der Waals surface area contributed by atoms with Gasteiger partial charge in [0.15, 0.2) is 0 Å². The minimum Gasteiger partial charge on any atom is -0.433 e. The van der Waals surface area contributed by atoms with Crippen LogP contribution in [0.25, 0.3) is 0 Å². The molecule has 0 bridgehead atoms. The summed E-state index contributed by atoms with van der Waals surface area (Å²) in [6, 6.07) is 7.37. The van der Waals surface area contributed by atoms with E-state index in [1.165, 1.54) is 18.2 Å². The number of alkyl halides is 2.